The van der Waals surface area contributed by atoms with Crippen LogP contribution in [0.4, 0.5) is 5.82 Å². The Kier molecular flexibility index (Phi) is 2.00. The van der Waals surface area contributed by atoms with Crippen LogP contribution in [-0.2, 0) is 6.54 Å². The van der Waals surface area contributed by atoms with Crippen molar-refractivity contribution >= 4 is 17.6 Å². The van der Waals surface area contributed by atoms with E-state index >= 15 is 0 Å². The molecule has 0 saturated carbocycles. The smallest absolute Gasteiger partial charge is 0.128 e. The van der Waals surface area contributed by atoms with E-state index in [0.29, 0.717) is 0 Å². The molecule has 12 heavy (non-hydrogen) atoms. The van der Waals surface area contributed by atoms with Crippen LogP contribution in [0.15, 0.2) is 11.1 Å². The number of likely N-dealkylation sites (N-methyl/N-ethyl adjacent to an activating group) is 1. The van der Waals surface area contributed by atoms with Crippen LogP contribution in [0.25, 0.3) is 0 Å². The van der Waals surface area contributed by atoms with Crippen molar-refractivity contribution in [2.75, 3.05) is 24.2 Å². The minimum atomic E-state index is 1.05. The third kappa shape index (κ3) is 1.10. The summed E-state index contributed by atoms with van der Waals surface area (Å²) in [6.07, 6.45) is 2.06. The average Bonchev–Trinajstić information content (AvgIpc) is 2.61. The highest BCUT2D eigenvalue weighted by Gasteiger charge is 2.19. The summed E-state index contributed by atoms with van der Waals surface area (Å²) in [5, 5.41) is 5.57. The van der Waals surface area contributed by atoms with Gasteiger partial charge >= 0.3 is 0 Å². The fourth-order valence-electron chi connectivity index (χ4n) is 1.55. The second-order valence-electron chi connectivity index (χ2n) is 2.85. The summed E-state index contributed by atoms with van der Waals surface area (Å²) in [7, 11) is 0. The van der Waals surface area contributed by atoms with Gasteiger partial charge < -0.3 is 4.90 Å². The molecule has 66 valence electrons. The molecule has 3 nitrogen and oxygen atoms in total. The van der Waals surface area contributed by atoms with Crippen LogP contribution in [0.5, 0.6) is 0 Å². The van der Waals surface area contributed by atoms with Gasteiger partial charge in [-0.2, -0.15) is 5.10 Å². The number of anilines is 1. The topological polar surface area (TPSA) is 21.1 Å². The minimum absolute atomic E-state index is 1.05. The normalized spacial score (nSPS) is 15.3. The van der Waals surface area contributed by atoms with Gasteiger partial charge in [0, 0.05) is 19.2 Å². The molecule has 0 radical (unpaired) electrons. The molecule has 0 atom stereocenters. The maximum atomic E-state index is 4.45. The van der Waals surface area contributed by atoms with Crippen LogP contribution in [0.1, 0.15) is 6.92 Å². The molecule has 0 unspecified atom stereocenters. The highest BCUT2D eigenvalue weighted by atomic mass is 32.2. The average molecular weight is 183 g/mol. The Morgan fingerprint density at radius 1 is 1.58 bits per heavy atom. The van der Waals surface area contributed by atoms with E-state index in [2.05, 4.69) is 33.9 Å². The van der Waals surface area contributed by atoms with Gasteiger partial charge in [-0.25, -0.2) is 4.68 Å². The van der Waals surface area contributed by atoms with Crippen LogP contribution in [0.3, 0.4) is 0 Å². The number of hydrogen-bond donors (Lipinski definition) is 0. The third-order valence-electron chi connectivity index (χ3n) is 2.23. The lowest BCUT2D eigenvalue weighted by Crippen LogP contribution is -2.18. The molecule has 0 amide bonds. The number of aromatic nitrogens is 2. The number of hydrogen-bond acceptors (Lipinski definition) is 3. The van der Waals surface area contributed by atoms with Crippen LogP contribution in [-0.4, -0.2) is 29.1 Å². The molecular weight excluding hydrogens is 170 g/mol. The fourth-order valence-corrected chi connectivity index (χ4v) is 1.96. The highest BCUT2D eigenvalue weighted by molar-refractivity contribution is 7.98. The lowest BCUT2D eigenvalue weighted by molar-refractivity contribution is 0.666. The van der Waals surface area contributed by atoms with Crippen molar-refractivity contribution in [3.63, 3.8) is 0 Å². The van der Waals surface area contributed by atoms with Crippen molar-refractivity contribution < 1.29 is 0 Å². The standard InChI is InChI=1S/C8H13N3S/c1-3-10-4-5-11-8(10)6-7(9-11)12-2/h6H,3-5H2,1-2H3. The molecular formula is C8H13N3S. The van der Waals surface area contributed by atoms with Crippen LogP contribution in [0.2, 0.25) is 0 Å². The second-order valence-corrected chi connectivity index (χ2v) is 3.67. The fraction of sp³-hybridized carbons (Fsp3) is 0.625. The number of thioether (sulfide) groups is 1. The number of fused-ring (bicyclic) bond motifs is 1. The largest absolute Gasteiger partial charge is 0.355 e. The van der Waals surface area contributed by atoms with Gasteiger partial charge in [0.15, 0.2) is 0 Å². The van der Waals surface area contributed by atoms with E-state index in [4.69, 9.17) is 0 Å². The molecule has 1 aromatic heterocycles. The molecule has 0 aliphatic carbocycles. The predicted octanol–water partition coefficient (Wildman–Crippen LogP) is 1.44. The SMILES string of the molecule is CCN1CCn2nc(SC)cc21. The molecule has 2 heterocycles. The van der Waals surface area contributed by atoms with Gasteiger partial charge in [-0.3, -0.25) is 0 Å². The Hall–Kier alpha value is -0.640. The van der Waals surface area contributed by atoms with E-state index in [-0.39, 0.29) is 0 Å². The molecule has 0 saturated heterocycles. The van der Waals surface area contributed by atoms with Crippen molar-refractivity contribution in [3.8, 4) is 0 Å². The first kappa shape index (κ1) is 7.98. The minimum Gasteiger partial charge on any atom is -0.355 e. The summed E-state index contributed by atoms with van der Waals surface area (Å²) >= 11 is 1.71. The first-order chi connectivity index (χ1) is 5.85. The summed E-state index contributed by atoms with van der Waals surface area (Å²) in [5.41, 5.74) is 0. The van der Waals surface area contributed by atoms with Crippen LogP contribution < -0.4 is 4.90 Å². The number of nitrogens with zero attached hydrogens (tertiary/aromatic N) is 3. The van der Waals surface area contributed by atoms with Gasteiger partial charge in [-0.15, -0.1) is 11.8 Å². The Labute approximate surface area is 76.7 Å². The van der Waals surface area contributed by atoms with E-state index in [9.17, 15) is 0 Å². The second kappa shape index (κ2) is 3.01. The molecule has 0 bridgehead atoms. The summed E-state index contributed by atoms with van der Waals surface area (Å²) in [5.74, 6) is 1.28. The molecule has 1 aliphatic rings. The summed E-state index contributed by atoms with van der Waals surface area (Å²) in [4.78, 5) is 2.35. The number of rotatable bonds is 2. The molecule has 2 rings (SSSR count). The molecule has 0 fully saturated rings. The summed E-state index contributed by atoms with van der Waals surface area (Å²) in [6, 6.07) is 2.17. The van der Waals surface area contributed by atoms with E-state index in [1.54, 1.807) is 11.8 Å². The molecule has 1 aromatic rings. The third-order valence-corrected chi connectivity index (χ3v) is 2.85. The molecule has 1 aliphatic heterocycles. The maximum Gasteiger partial charge on any atom is 0.128 e. The van der Waals surface area contributed by atoms with E-state index < -0.39 is 0 Å². The van der Waals surface area contributed by atoms with Crippen LogP contribution >= 0.6 is 11.8 Å². The van der Waals surface area contributed by atoms with Crippen LogP contribution in [0, 0.1) is 0 Å². The lowest BCUT2D eigenvalue weighted by Gasteiger charge is -2.12. The van der Waals surface area contributed by atoms with E-state index in [1.165, 1.54) is 5.82 Å². The Bertz CT molecular complexity index is 282. The molecule has 0 N–H and O–H groups in total. The van der Waals surface area contributed by atoms with Crippen molar-refractivity contribution in [2.24, 2.45) is 0 Å². The highest BCUT2D eigenvalue weighted by Crippen LogP contribution is 2.25. The van der Waals surface area contributed by atoms with Crippen molar-refractivity contribution in [2.45, 2.75) is 18.5 Å². The summed E-state index contributed by atoms with van der Waals surface area (Å²) in [6.45, 7) is 5.43. The van der Waals surface area contributed by atoms with Gasteiger partial charge in [0.25, 0.3) is 0 Å². The van der Waals surface area contributed by atoms with Crippen molar-refractivity contribution in [1.82, 2.24) is 9.78 Å². The maximum absolute atomic E-state index is 4.45. The van der Waals surface area contributed by atoms with E-state index in [1.807, 2.05) is 0 Å². The first-order valence-corrected chi connectivity index (χ1v) is 5.44. The van der Waals surface area contributed by atoms with Crippen molar-refractivity contribution in [3.05, 3.63) is 6.07 Å². The monoisotopic (exact) mass is 183 g/mol. The Morgan fingerprint density at radius 3 is 3.08 bits per heavy atom. The zero-order valence-corrected chi connectivity index (χ0v) is 8.27. The predicted molar refractivity (Wildman–Crippen MR) is 51.9 cm³/mol. The van der Waals surface area contributed by atoms with E-state index in [0.717, 1.165) is 24.7 Å². The summed E-state index contributed by atoms with van der Waals surface area (Å²) < 4.78 is 2.09. The lowest BCUT2D eigenvalue weighted by atomic mass is 10.5. The molecule has 4 heteroatoms. The van der Waals surface area contributed by atoms with Gasteiger partial charge in [-0.05, 0) is 13.2 Å². The first-order valence-electron chi connectivity index (χ1n) is 4.22. The van der Waals surface area contributed by atoms with Gasteiger partial charge in [0.05, 0.1) is 6.54 Å². The van der Waals surface area contributed by atoms with Gasteiger partial charge in [0.1, 0.15) is 10.8 Å². The molecule has 0 spiro atoms. The quantitative estimate of drug-likeness (QED) is 0.647. The zero-order valence-electron chi connectivity index (χ0n) is 7.45. The van der Waals surface area contributed by atoms with Gasteiger partial charge in [0.2, 0.25) is 0 Å². The van der Waals surface area contributed by atoms with Crippen molar-refractivity contribution in [1.29, 1.82) is 0 Å². The zero-order chi connectivity index (χ0) is 8.55. The Balaban J connectivity index is 2.31. The molecule has 0 aromatic carbocycles. The van der Waals surface area contributed by atoms with Gasteiger partial charge in [-0.1, -0.05) is 0 Å². The Morgan fingerprint density at radius 2 is 2.42 bits per heavy atom.